The maximum absolute atomic E-state index is 13.5. The number of benzene rings is 2. The minimum absolute atomic E-state index is 0.129. The summed E-state index contributed by atoms with van der Waals surface area (Å²) in [5, 5.41) is 0. The van der Waals surface area contributed by atoms with E-state index in [9.17, 15) is 26.3 Å². The van der Waals surface area contributed by atoms with Crippen molar-refractivity contribution >= 4 is 11.8 Å². The van der Waals surface area contributed by atoms with Crippen LogP contribution in [0.1, 0.15) is 47.2 Å². The molecular formula is C22H16F6S. The Morgan fingerprint density at radius 3 is 1.28 bits per heavy atom. The van der Waals surface area contributed by atoms with Crippen molar-refractivity contribution in [2.24, 2.45) is 0 Å². The highest BCUT2D eigenvalue weighted by Crippen LogP contribution is 2.43. The Hall–Kier alpha value is -2.51. The summed E-state index contributed by atoms with van der Waals surface area (Å²) in [6.07, 6.45) is -9.29. The lowest BCUT2D eigenvalue weighted by molar-refractivity contribution is -0.138. The molecule has 152 valence electrons. The monoisotopic (exact) mass is 426 g/mol. The average Bonchev–Trinajstić information content (AvgIpc) is 2.57. The molecule has 2 aromatic carbocycles. The SMILES string of the molecule is CC#Cc1c(Sc2cc(C)cc(C(F)(F)F)c2C#CC)cc(C)cc1C(F)(F)F. The van der Waals surface area contributed by atoms with Gasteiger partial charge in [-0.3, -0.25) is 0 Å². The predicted octanol–water partition coefficient (Wildman–Crippen LogP) is 7.24. The fourth-order valence-corrected chi connectivity index (χ4v) is 3.99. The molecule has 0 bridgehead atoms. The Balaban J connectivity index is 2.80. The van der Waals surface area contributed by atoms with Crippen LogP contribution in [0.5, 0.6) is 0 Å². The topological polar surface area (TPSA) is 0 Å². The van der Waals surface area contributed by atoms with Gasteiger partial charge in [0, 0.05) is 9.79 Å². The van der Waals surface area contributed by atoms with Gasteiger partial charge in [0.2, 0.25) is 0 Å². The molecule has 7 heteroatoms. The van der Waals surface area contributed by atoms with Gasteiger partial charge in [0.1, 0.15) is 0 Å². The molecule has 2 rings (SSSR count). The van der Waals surface area contributed by atoms with Gasteiger partial charge in [0.05, 0.1) is 22.3 Å². The summed E-state index contributed by atoms with van der Waals surface area (Å²) in [5.74, 6) is 9.84. The third-order valence-corrected chi connectivity index (χ3v) is 4.91. The summed E-state index contributed by atoms with van der Waals surface area (Å²) >= 11 is 0.805. The Morgan fingerprint density at radius 1 is 0.655 bits per heavy atom. The first-order valence-electron chi connectivity index (χ1n) is 8.35. The van der Waals surface area contributed by atoms with Crippen molar-refractivity contribution < 1.29 is 26.3 Å². The molecule has 0 radical (unpaired) electrons. The van der Waals surface area contributed by atoms with Crippen LogP contribution in [0.2, 0.25) is 0 Å². The van der Waals surface area contributed by atoms with Crippen molar-refractivity contribution in [1.29, 1.82) is 0 Å². The number of hydrogen-bond donors (Lipinski definition) is 0. The number of halogens is 6. The Kier molecular flexibility index (Phi) is 6.65. The van der Waals surface area contributed by atoms with Crippen LogP contribution in [-0.2, 0) is 12.4 Å². The molecule has 0 N–H and O–H groups in total. The number of rotatable bonds is 2. The smallest absolute Gasteiger partial charge is 0.166 e. The maximum Gasteiger partial charge on any atom is 0.417 e. The molecular weight excluding hydrogens is 410 g/mol. The molecule has 0 aromatic heterocycles. The second-order valence-electron chi connectivity index (χ2n) is 6.22. The molecule has 0 unspecified atom stereocenters. The van der Waals surface area contributed by atoms with Crippen LogP contribution in [0.25, 0.3) is 0 Å². The second kappa shape index (κ2) is 8.47. The maximum atomic E-state index is 13.5. The van der Waals surface area contributed by atoms with Gasteiger partial charge >= 0.3 is 12.4 Å². The third kappa shape index (κ3) is 5.31. The molecule has 0 atom stereocenters. The zero-order chi connectivity index (χ0) is 22.0. The summed E-state index contributed by atoms with van der Waals surface area (Å²) in [6.45, 7) is 5.78. The summed E-state index contributed by atoms with van der Waals surface area (Å²) in [7, 11) is 0. The van der Waals surface area contributed by atoms with Crippen LogP contribution in [-0.4, -0.2) is 0 Å². The zero-order valence-corrected chi connectivity index (χ0v) is 16.8. The molecule has 0 saturated carbocycles. The lowest BCUT2D eigenvalue weighted by atomic mass is 10.0. The normalized spacial score (nSPS) is 11.4. The highest BCUT2D eigenvalue weighted by Gasteiger charge is 2.36. The van der Waals surface area contributed by atoms with Crippen LogP contribution < -0.4 is 0 Å². The van der Waals surface area contributed by atoms with Gasteiger partial charge < -0.3 is 0 Å². The van der Waals surface area contributed by atoms with Crippen molar-refractivity contribution in [3.8, 4) is 23.7 Å². The van der Waals surface area contributed by atoms with Crippen molar-refractivity contribution in [1.82, 2.24) is 0 Å². The minimum Gasteiger partial charge on any atom is -0.166 e. The average molecular weight is 426 g/mol. The fourth-order valence-electron chi connectivity index (χ4n) is 2.74. The van der Waals surface area contributed by atoms with E-state index in [2.05, 4.69) is 23.7 Å². The highest BCUT2D eigenvalue weighted by molar-refractivity contribution is 7.99. The molecule has 2 aromatic rings. The standard InChI is InChI=1S/C22H16F6S/c1-5-7-15-17(21(23,24)25)9-13(3)11-19(15)29-20-12-14(4)10-18(22(26,27)28)16(20)8-6-2/h9-12H,1-4H3. The number of alkyl halides is 6. The molecule has 0 saturated heterocycles. The van der Waals surface area contributed by atoms with Crippen molar-refractivity contribution in [2.45, 2.75) is 49.8 Å². The summed E-state index contributed by atoms with van der Waals surface area (Å²) < 4.78 is 81.0. The van der Waals surface area contributed by atoms with Crippen molar-refractivity contribution in [3.63, 3.8) is 0 Å². The first kappa shape index (κ1) is 22.8. The zero-order valence-electron chi connectivity index (χ0n) is 16.0. The minimum atomic E-state index is -4.64. The quantitative estimate of drug-likeness (QED) is 0.360. The van der Waals surface area contributed by atoms with Gasteiger partial charge in [-0.1, -0.05) is 23.6 Å². The van der Waals surface area contributed by atoms with Crippen molar-refractivity contribution in [3.05, 3.63) is 57.6 Å². The van der Waals surface area contributed by atoms with Crippen LogP contribution in [0, 0.1) is 37.5 Å². The molecule has 0 heterocycles. The summed E-state index contributed by atoms with van der Waals surface area (Å²) in [4.78, 5) is 0.258. The van der Waals surface area contributed by atoms with E-state index >= 15 is 0 Å². The van der Waals surface area contributed by atoms with E-state index in [1.165, 1.54) is 39.8 Å². The molecule has 0 amide bonds. The highest BCUT2D eigenvalue weighted by atomic mass is 32.2. The number of aryl methyl sites for hydroxylation is 2. The first-order valence-corrected chi connectivity index (χ1v) is 9.17. The summed E-state index contributed by atoms with van der Waals surface area (Å²) in [5.41, 5.74) is -1.70. The van der Waals surface area contributed by atoms with Crippen LogP contribution in [0.3, 0.4) is 0 Å². The van der Waals surface area contributed by atoms with Gasteiger partial charge in [0.15, 0.2) is 0 Å². The first-order chi connectivity index (χ1) is 13.4. The van der Waals surface area contributed by atoms with Gasteiger partial charge in [-0.15, -0.1) is 11.8 Å². The van der Waals surface area contributed by atoms with E-state index in [1.54, 1.807) is 0 Å². The third-order valence-electron chi connectivity index (χ3n) is 3.82. The van der Waals surface area contributed by atoms with Gasteiger partial charge in [-0.25, -0.2) is 0 Å². The molecule has 0 aliphatic heterocycles. The van der Waals surface area contributed by atoms with Crippen LogP contribution in [0.15, 0.2) is 34.1 Å². The predicted molar refractivity (Wildman–Crippen MR) is 102 cm³/mol. The van der Waals surface area contributed by atoms with E-state index in [1.807, 2.05) is 0 Å². The Bertz CT molecular complexity index is 968. The van der Waals surface area contributed by atoms with Gasteiger partial charge in [-0.2, -0.15) is 26.3 Å². The van der Waals surface area contributed by atoms with E-state index in [4.69, 9.17) is 0 Å². The Labute approximate surface area is 169 Å². The van der Waals surface area contributed by atoms with E-state index in [0.717, 1.165) is 23.9 Å². The van der Waals surface area contributed by atoms with Crippen LogP contribution in [0.4, 0.5) is 26.3 Å². The summed E-state index contributed by atoms with van der Waals surface area (Å²) in [6, 6.07) is 4.93. The van der Waals surface area contributed by atoms with Crippen molar-refractivity contribution in [2.75, 3.05) is 0 Å². The lowest BCUT2D eigenvalue weighted by Crippen LogP contribution is -2.10. The van der Waals surface area contributed by atoms with Crippen LogP contribution >= 0.6 is 11.8 Å². The van der Waals surface area contributed by atoms with Gasteiger partial charge in [0.25, 0.3) is 0 Å². The fraction of sp³-hybridized carbons (Fsp3) is 0.273. The van der Waals surface area contributed by atoms with Gasteiger partial charge in [-0.05, 0) is 63.1 Å². The molecule has 0 fully saturated rings. The van der Waals surface area contributed by atoms with E-state index in [0.29, 0.717) is 11.1 Å². The molecule has 0 aliphatic carbocycles. The van der Waals surface area contributed by atoms with E-state index in [-0.39, 0.29) is 20.9 Å². The molecule has 0 nitrogen and oxygen atoms in total. The molecule has 29 heavy (non-hydrogen) atoms. The lowest BCUT2D eigenvalue weighted by Gasteiger charge is -2.17. The second-order valence-corrected chi connectivity index (χ2v) is 7.30. The Morgan fingerprint density at radius 2 is 1.00 bits per heavy atom. The number of hydrogen-bond acceptors (Lipinski definition) is 1. The largest absolute Gasteiger partial charge is 0.417 e. The molecule has 0 aliphatic rings. The van der Waals surface area contributed by atoms with E-state index < -0.39 is 23.5 Å². The molecule has 0 spiro atoms.